The van der Waals surface area contributed by atoms with Crippen LogP contribution in [0, 0.1) is 18.3 Å². The lowest BCUT2D eigenvalue weighted by atomic mass is 10.1. The molecule has 0 aliphatic carbocycles. The van der Waals surface area contributed by atoms with Crippen LogP contribution in [0.3, 0.4) is 0 Å². The molecule has 1 amide bonds. The maximum atomic E-state index is 12.7. The van der Waals surface area contributed by atoms with Gasteiger partial charge in [-0.2, -0.15) is 27.8 Å². The Morgan fingerprint density at radius 3 is 2.83 bits per heavy atom. The molecule has 0 radical (unpaired) electrons. The van der Waals surface area contributed by atoms with Crippen LogP contribution in [0.15, 0.2) is 6.07 Å². The molecule has 1 aliphatic heterocycles. The number of aromatic nitrogens is 2. The Labute approximate surface area is 142 Å². The Kier molecular flexibility index (Phi) is 5.58. The molecular weight excluding hydrogens is 332 g/mol. The van der Waals surface area contributed by atoms with Gasteiger partial charge < -0.3 is 0 Å². The van der Waals surface area contributed by atoms with Gasteiger partial charge in [0, 0.05) is 39.7 Å². The highest BCUT2D eigenvalue weighted by Gasteiger charge is 2.34. The second kappa shape index (κ2) is 7.29. The number of rotatable bonds is 6. The first-order valence-corrected chi connectivity index (χ1v) is 9.13. The van der Waals surface area contributed by atoms with Crippen LogP contribution in [-0.4, -0.2) is 54.6 Å². The van der Waals surface area contributed by atoms with Gasteiger partial charge in [-0.3, -0.25) is 14.4 Å². The zero-order valence-electron chi connectivity index (χ0n) is 14.1. The van der Waals surface area contributed by atoms with E-state index in [1.54, 1.807) is 22.7 Å². The SMILES string of the molecule is Cc1cc(N2CCCC(NS(=O)(=O)N(C)CCC#N)C2=O)n(C)n1. The van der Waals surface area contributed by atoms with Crippen molar-refractivity contribution in [2.24, 2.45) is 7.05 Å². The molecule has 24 heavy (non-hydrogen) atoms. The quantitative estimate of drug-likeness (QED) is 0.767. The first-order chi connectivity index (χ1) is 11.3. The summed E-state index contributed by atoms with van der Waals surface area (Å²) >= 11 is 0. The van der Waals surface area contributed by atoms with E-state index in [1.807, 2.05) is 13.0 Å². The maximum absolute atomic E-state index is 12.7. The number of nitriles is 1. The number of carbonyl (C=O) groups excluding carboxylic acids is 1. The van der Waals surface area contributed by atoms with Gasteiger partial charge in [0.15, 0.2) is 0 Å². The van der Waals surface area contributed by atoms with Crippen molar-refractivity contribution in [3.8, 4) is 6.07 Å². The summed E-state index contributed by atoms with van der Waals surface area (Å²) in [6, 6.07) is 2.88. The predicted octanol–water partition coefficient (Wildman–Crippen LogP) is -0.0962. The first kappa shape index (κ1) is 18.4. The third-order valence-electron chi connectivity index (χ3n) is 3.93. The Hall–Kier alpha value is -1.96. The Morgan fingerprint density at radius 2 is 2.25 bits per heavy atom. The second-order valence-electron chi connectivity index (χ2n) is 5.80. The molecule has 2 rings (SSSR count). The van der Waals surface area contributed by atoms with Crippen LogP contribution in [0.1, 0.15) is 25.0 Å². The lowest BCUT2D eigenvalue weighted by molar-refractivity contribution is -0.121. The summed E-state index contributed by atoms with van der Waals surface area (Å²) in [5.74, 6) is 0.362. The van der Waals surface area contributed by atoms with Crippen molar-refractivity contribution in [1.29, 1.82) is 5.26 Å². The summed E-state index contributed by atoms with van der Waals surface area (Å²) < 4.78 is 29.7. The van der Waals surface area contributed by atoms with Crippen molar-refractivity contribution >= 4 is 21.9 Å². The molecule has 132 valence electrons. The molecule has 1 N–H and O–H groups in total. The number of amides is 1. The molecule has 1 saturated heterocycles. The fourth-order valence-corrected chi connectivity index (χ4v) is 3.75. The van der Waals surface area contributed by atoms with Crippen LogP contribution >= 0.6 is 0 Å². The van der Waals surface area contributed by atoms with E-state index in [0.29, 0.717) is 25.2 Å². The zero-order valence-corrected chi connectivity index (χ0v) is 14.9. The normalized spacial score (nSPS) is 18.9. The van der Waals surface area contributed by atoms with Gasteiger partial charge in [-0.1, -0.05) is 0 Å². The largest absolute Gasteiger partial charge is 0.296 e. The lowest BCUT2D eigenvalue weighted by Gasteiger charge is -2.32. The fraction of sp³-hybridized carbons (Fsp3) is 0.643. The van der Waals surface area contributed by atoms with Gasteiger partial charge in [0.05, 0.1) is 11.8 Å². The predicted molar refractivity (Wildman–Crippen MR) is 88.2 cm³/mol. The van der Waals surface area contributed by atoms with Crippen molar-refractivity contribution in [3.63, 3.8) is 0 Å². The van der Waals surface area contributed by atoms with Gasteiger partial charge in [-0.25, -0.2) is 0 Å². The monoisotopic (exact) mass is 354 g/mol. The van der Waals surface area contributed by atoms with E-state index in [2.05, 4.69) is 9.82 Å². The van der Waals surface area contributed by atoms with Crippen molar-refractivity contribution in [1.82, 2.24) is 18.8 Å². The highest BCUT2D eigenvalue weighted by Crippen LogP contribution is 2.22. The molecule has 1 aromatic heterocycles. The number of aryl methyl sites for hydroxylation is 2. The van der Waals surface area contributed by atoms with Crippen molar-refractivity contribution < 1.29 is 13.2 Å². The minimum atomic E-state index is -3.81. The third-order valence-corrected chi connectivity index (χ3v) is 5.52. The van der Waals surface area contributed by atoms with Crippen LogP contribution in [0.2, 0.25) is 0 Å². The lowest BCUT2D eigenvalue weighted by Crippen LogP contribution is -2.55. The van der Waals surface area contributed by atoms with Gasteiger partial charge in [0.2, 0.25) is 5.91 Å². The molecule has 1 aliphatic rings. The van der Waals surface area contributed by atoms with Gasteiger partial charge >= 0.3 is 0 Å². The molecule has 1 fully saturated rings. The summed E-state index contributed by atoms with van der Waals surface area (Å²) in [6.45, 7) is 2.44. The molecular formula is C14H22N6O3S. The maximum Gasteiger partial charge on any atom is 0.279 e. The van der Waals surface area contributed by atoms with Crippen molar-refractivity contribution in [3.05, 3.63) is 11.8 Å². The van der Waals surface area contributed by atoms with Crippen LogP contribution in [-0.2, 0) is 22.1 Å². The topological polar surface area (TPSA) is 111 Å². The number of hydrogen-bond acceptors (Lipinski definition) is 5. The van der Waals surface area contributed by atoms with E-state index < -0.39 is 16.3 Å². The van der Waals surface area contributed by atoms with Crippen LogP contribution in [0.4, 0.5) is 5.82 Å². The highest BCUT2D eigenvalue weighted by atomic mass is 32.2. The number of carbonyl (C=O) groups is 1. The van der Waals surface area contributed by atoms with Crippen molar-refractivity contribution in [2.45, 2.75) is 32.2 Å². The summed E-state index contributed by atoms with van der Waals surface area (Å²) in [5.41, 5.74) is 0.791. The molecule has 1 unspecified atom stereocenters. The molecule has 9 nitrogen and oxygen atoms in total. The number of hydrogen-bond donors (Lipinski definition) is 1. The average Bonchev–Trinajstić information content (AvgIpc) is 2.85. The van der Waals surface area contributed by atoms with Gasteiger partial charge in [0.1, 0.15) is 11.9 Å². The smallest absolute Gasteiger partial charge is 0.279 e. The van der Waals surface area contributed by atoms with Crippen LogP contribution in [0.25, 0.3) is 0 Å². The minimum absolute atomic E-state index is 0.0807. The average molecular weight is 354 g/mol. The molecule has 0 saturated carbocycles. The summed E-state index contributed by atoms with van der Waals surface area (Å²) in [4.78, 5) is 14.3. The Bertz CT molecular complexity index is 751. The van der Waals surface area contributed by atoms with E-state index in [-0.39, 0.29) is 18.9 Å². The minimum Gasteiger partial charge on any atom is -0.296 e. The van der Waals surface area contributed by atoms with Crippen LogP contribution < -0.4 is 9.62 Å². The van der Waals surface area contributed by atoms with Crippen molar-refractivity contribution in [2.75, 3.05) is 25.0 Å². The second-order valence-corrected chi connectivity index (χ2v) is 7.61. The number of nitrogens with zero attached hydrogens (tertiary/aromatic N) is 5. The molecule has 2 heterocycles. The van der Waals surface area contributed by atoms with Gasteiger partial charge in [-0.15, -0.1) is 0 Å². The molecule has 0 bridgehead atoms. The number of anilines is 1. The van der Waals surface area contributed by atoms with E-state index in [0.717, 1.165) is 10.00 Å². The Morgan fingerprint density at radius 1 is 1.54 bits per heavy atom. The summed E-state index contributed by atoms with van der Waals surface area (Å²) in [5, 5.41) is 12.8. The fourth-order valence-electron chi connectivity index (χ4n) is 2.66. The summed E-state index contributed by atoms with van der Waals surface area (Å²) in [6.07, 6.45) is 1.22. The first-order valence-electron chi connectivity index (χ1n) is 7.69. The van der Waals surface area contributed by atoms with E-state index in [4.69, 9.17) is 5.26 Å². The van der Waals surface area contributed by atoms with E-state index in [1.165, 1.54) is 7.05 Å². The molecule has 10 heteroatoms. The zero-order chi connectivity index (χ0) is 17.9. The van der Waals surface area contributed by atoms with Crippen LogP contribution in [0.5, 0.6) is 0 Å². The van der Waals surface area contributed by atoms with Gasteiger partial charge in [0.25, 0.3) is 10.2 Å². The molecule has 1 aromatic rings. The van der Waals surface area contributed by atoms with E-state index >= 15 is 0 Å². The standard InChI is InChI=1S/C14H22N6O3S/c1-11-10-13(19(3)16-11)20-9-4-6-12(14(20)21)17-24(22,23)18(2)8-5-7-15/h10,12,17H,4-6,8-9H2,1-3H3. The summed E-state index contributed by atoms with van der Waals surface area (Å²) in [7, 11) is -0.680. The third kappa shape index (κ3) is 3.92. The Balaban J connectivity index is 2.13. The highest BCUT2D eigenvalue weighted by molar-refractivity contribution is 7.87. The molecule has 0 aromatic carbocycles. The van der Waals surface area contributed by atoms with E-state index in [9.17, 15) is 13.2 Å². The number of piperidine rings is 1. The molecule has 0 spiro atoms. The number of nitrogens with one attached hydrogen (secondary N) is 1. The molecule has 1 atom stereocenters. The van der Waals surface area contributed by atoms with Gasteiger partial charge in [-0.05, 0) is 19.8 Å².